The Morgan fingerprint density at radius 3 is 2.62 bits per heavy atom. The van der Waals surface area contributed by atoms with Gasteiger partial charge < -0.3 is 20.1 Å². The Kier molecular flexibility index (Phi) is 6.06. The average Bonchev–Trinajstić information content (AvgIpc) is 3.06. The highest BCUT2D eigenvalue weighted by Gasteiger charge is 2.30. The predicted molar refractivity (Wildman–Crippen MR) is 81.6 cm³/mol. The molecule has 1 aliphatic heterocycles. The molecule has 134 valence electrons. The van der Waals surface area contributed by atoms with Gasteiger partial charge in [0.05, 0.1) is 11.5 Å². The molecule has 8 heteroatoms. The third kappa shape index (κ3) is 5.10. The Morgan fingerprint density at radius 2 is 2.08 bits per heavy atom. The van der Waals surface area contributed by atoms with Gasteiger partial charge in [0.15, 0.2) is 0 Å². The minimum absolute atomic E-state index is 0.0337. The van der Waals surface area contributed by atoms with Gasteiger partial charge in [-0.15, -0.1) is 0 Å². The van der Waals surface area contributed by atoms with Gasteiger partial charge >= 0.3 is 6.18 Å². The molecule has 1 heterocycles. The Hall–Kier alpha value is -1.80. The number of carbonyl (C=O) groups is 1. The molecule has 2 unspecified atom stereocenters. The molecule has 0 aromatic heterocycles. The highest BCUT2D eigenvalue weighted by molar-refractivity contribution is 5.79. The van der Waals surface area contributed by atoms with Crippen LogP contribution in [0.5, 0.6) is 5.75 Å². The van der Waals surface area contributed by atoms with E-state index in [1.54, 1.807) is 7.05 Å². The summed E-state index contributed by atoms with van der Waals surface area (Å²) in [4.78, 5) is 13.6. The smallest absolute Gasteiger partial charge is 0.416 e. The second kappa shape index (κ2) is 7.85. The van der Waals surface area contributed by atoms with Crippen LogP contribution in [0.2, 0.25) is 0 Å². The van der Waals surface area contributed by atoms with Gasteiger partial charge in [0, 0.05) is 20.1 Å². The van der Waals surface area contributed by atoms with Crippen LogP contribution in [0.1, 0.15) is 12.0 Å². The molecule has 2 N–H and O–H groups in total. The van der Waals surface area contributed by atoms with Gasteiger partial charge in [-0.05, 0) is 37.2 Å². The number of aliphatic hydroxyl groups excluding tert-OH is 1. The van der Waals surface area contributed by atoms with Crippen LogP contribution in [0.4, 0.5) is 13.2 Å². The highest BCUT2D eigenvalue weighted by Crippen LogP contribution is 2.30. The molecule has 1 amide bonds. The van der Waals surface area contributed by atoms with Crippen molar-refractivity contribution >= 4 is 5.91 Å². The molecule has 0 bridgehead atoms. The lowest BCUT2D eigenvalue weighted by Crippen LogP contribution is -2.40. The van der Waals surface area contributed by atoms with E-state index in [1.807, 2.05) is 0 Å². The number of nitrogens with zero attached hydrogens (tertiary/aromatic N) is 1. The summed E-state index contributed by atoms with van der Waals surface area (Å²) in [6, 6.07) is 4.25. The van der Waals surface area contributed by atoms with Crippen LogP contribution >= 0.6 is 0 Å². The number of hydrogen-bond donors (Lipinski definition) is 2. The van der Waals surface area contributed by atoms with Crippen LogP contribution in [0.3, 0.4) is 0 Å². The maximum Gasteiger partial charge on any atom is 0.416 e. The molecule has 0 saturated carbocycles. The number of carbonyl (C=O) groups excluding carboxylic acids is 1. The number of aliphatic hydroxyl groups is 1. The van der Waals surface area contributed by atoms with Gasteiger partial charge in [0.2, 0.25) is 5.91 Å². The van der Waals surface area contributed by atoms with E-state index in [1.165, 1.54) is 17.0 Å². The van der Waals surface area contributed by atoms with E-state index >= 15 is 0 Å². The second-order valence-electron chi connectivity index (χ2n) is 5.90. The molecular formula is C16H21F3N2O3. The average molecular weight is 346 g/mol. The van der Waals surface area contributed by atoms with E-state index in [9.17, 15) is 23.1 Å². The lowest BCUT2D eigenvalue weighted by molar-refractivity contribution is -0.137. The molecule has 24 heavy (non-hydrogen) atoms. The Bertz CT molecular complexity index is 542. The molecule has 2 atom stereocenters. The number of likely N-dealkylation sites (N-methyl/N-ethyl adjacent to an activating group) is 1. The molecule has 1 saturated heterocycles. The maximum absolute atomic E-state index is 12.5. The van der Waals surface area contributed by atoms with Gasteiger partial charge in [-0.25, -0.2) is 0 Å². The summed E-state index contributed by atoms with van der Waals surface area (Å²) in [6.45, 7) is 1.45. The van der Waals surface area contributed by atoms with Crippen molar-refractivity contribution in [3.05, 3.63) is 29.8 Å². The van der Waals surface area contributed by atoms with Gasteiger partial charge in [0.25, 0.3) is 0 Å². The molecule has 1 aromatic carbocycles. The first-order chi connectivity index (χ1) is 11.3. The van der Waals surface area contributed by atoms with E-state index in [4.69, 9.17) is 4.74 Å². The van der Waals surface area contributed by atoms with Gasteiger partial charge in [-0.3, -0.25) is 4.79 Å². The topological polar surface area (TPSA) is 61.8 Å². The summed E-state index contributed by atoms with van der Waals surface area (Å²) in [6.07, 6.45) is -4.53. The van der Waals surface area contributed by atoms with Crippen molar-refractivity contribution in [3.8, 4) is 5.75 Å². The van der Waals surface area contributed by atoms with Crippen LogP contribution in [-0.2, 0) is 11.0 Å². The van der Waals surface area contributed by atoms with E-state index in [2.05, 4.69) is 5.32 Å². The number of rotatable bonds is 6. The number of halogens is 3. The van der Waals surface area contributed by atoms with Crippen molar-refractivity contribution in [2.24, 2.45) is 5.92 Å². The standard InChI is InChI=1S/C16H21F3N2O3/c1-21(15(23)11-6-7-20-8-11)9-13(22)10-24-14-4-2-12(3-5-14)16(17,18)19/h2-5,11,13,20,22H,6-10H2,1H3. The summed E-state index contributed by atoms with van der Waals surface area (Å²) in [5.41, 5.74) is -0.758. The monoisotopic (exact) mass is 346 g/mol. The number of ether oxygens (including phenoxy) is 1. The van der Waals surface area contributed by atoms with Crippen molar-refractivity contribution in [2.45, 2.75) is 18.7 Å². The maximum atomic E-state index is 12.5. The van der Waals surface area contributed by atoms with Crippen LogP contribution in [-0.4, -0.2) is 55.3 Å². The molecule has 0 aliphatic carbocycles. The zero-order chi connectivity index (χ0) is 17.7. The summed E-state index contributed by atoms with van der Waals surface area (Å²) in [7, 11) is 1.61. The normalized spacial score (nSPS) is 19.1. The van der Waals surface area contributed by atoms with Gasteiger partial charge in [0.1, 0.15) is 18.5 Å². The van der Waals surface area contributed by atoms with Gasteiger partial charge in [-0.1, -0.05) is 0 Å². The minimum atomic E-state index is -4.39. The minimum Gasteiger partial charge on any atom is -0.491 e. The zero-order valence-electron chi connectivity index (χ0n) is 13.3. The fourth-order valence-corrected chi connectivity index (χ4v) is 2.57. The number of alkyl halides is 3. The molecule has 0 radical (unpaired) electrons. The van der Waals surface area contributed by atoms with Crippen molar-refractivity contribution in [1.29, 1.82) is 0 Å². The van der Waals surface area contributed by atoms with Crippen molar-refractivity contribution in [1.82, 2.24) is 10.2 Å². The Morgan fingerprint density at radius 1 is 1.42 bits per heavy atom. The van der Waals surface area contributed by atoms with E-state index < -0.39 is 17.8 Å². The first kappa shape index (κ1) is 18.5. The molecule has 1 aliphatic rings. The van der Waals surface area contributed by atoms with Crippen LogP contribution in [0.15, 0.2) is 24.3 Å². The summed E-state index contributed by atoms with van der Waals surface area (Å²) < 4.78 is 42.6. The molecule has 2 rings (SSSR count). The third-order valence-electron chi connectivity index (χ3n) is 3.89. The number of benzene rings is 1. The first-order valence-corrected chi connectivity index (χ1v) is 7.71. The Balaban J connectivity index is 1.78. The lowest BCUT2D eigenvalue weighted by Gasteiger charge is -2.23. The number of amides is 1. The SMILES string of the molecule is CN(CC(O)COc1ccc(C(F)(F)F)cc1)C(=O)C1CCNC1. The highest BCUT2D eigenvalue weighted by atomic mass is 19.4. The largest absolute Gasteiger partial charge is 0.491 e. The predicted octanol–water partition coefficient (Wildman–Crippen LogP) is 1.51. The lowest BCUT2D eigenvalue weighted by atomic mass is 10.1. The van der Waals surface area contributed by atoms with Gasteiger partial charge in [-0.2, -0.15) is 13.2 Å². The van der Waals surface area contributed by atoms with Crippen molar-refractivity contribution < 1.29 is 27.8 Å². The van der Waals surface area contributed by atoms with Crippen LogP contribution in [0.25, 0.3) is 0 Å². The van der Waals surface area contributed by atoms with E-state index in [0.29, 0.717) is 6.54 Å². The van der Waals surface area contributed by atoms with Crippen molar-refractivity contribution in [3.63, 3.8) is 0 Å². The quantitative estimate of drug-likeness (QED) is 0.820. The third-order valence-corrected chi connectivity index (χ3v) is 3.89. The second-order valence-corrected chi connectivity index (χ2v) is 5.90. The zero-order valence-corrected chi connectivity index (χ0v) is 13.3. The first-order valence-electron chi connectivity index (χ1n) is 7.71. The molecule has 1 fully saturated rings. The van der Waals surface area contributed by atoms with Crippen LogP contribution in [0, 0.1) is 5.92 Å². The fraction of sp³-hybridized carbons (Fsp3) is 0.562. The van der Waals surface area contributed by atoms with E-state index in [-0.39, 0.29) is 30.7 Å². The van der Waals surface area contributed by atoms with E-state index in [0.717, 1.165) is 25.1 Å². The number of nitrogens with one attached hydrogen (secondary N) is 1. The molecule has 1 aromatic rings. The molecule has 0 spiro atoms. The Labute approximate surface area is 138 Å². The van der Waals surface area contributed by atoms with Crippen LogP contribution < -0.4 is 10.1 Å². The fourth-order valence-electron chi connectivity index (χ4n) is 2.57. The summed E-state index contributed by atoms with van der Waals surface area (Å²) in [5.74, 6) is 0.127. The summed E-state index contributed by atoms with van der Waals surface area (Å²) >= 11 is 0. The molecule has 5 nitrogen and oxygen atoms in total. The number of hydrogen-bond acceptors (Lipinski definition) is 4. The van der Waals surface area contributed by atoms with Crippen molar-refractivity contribution in [2.75, 3.05) is 33.3 Å². The molecular weight excluding hydrogens is 325 g/mol. The summed E-state index contributed by atoms with van der Waals surface area (Å²) in [5, 5.41) is 13.1.